The number of benzene rings is 2. The first-order valence-corrected chi connectivity index (χ1v) is 9.37. The smallest absolute Gasteiger partial charge is 0.239 e. The summed E-state index contributed by atoms with van der Waals surface area (Å²) in [7, 11) is 1.72. The number of hydrogen-bond donors (Lipinski definition) is 2. The van der Waals surface area contributed by atoms with E-state index >= 15 is 0 Å². The van der Waals surface area contributed by atoms with Crippen LogP contribution in [0.1, 0.15) is 5.69 Å². The van der Waals surface area contributed by atoms with Crippen molar-refractivity contribution >= 4 is 23.3 Å². The van der Waals surface area contributed by atoms with Crippen molar-refractivity contribution in [3.05, 3.63) is 78.5 Å². The molecule has 1 heterocycles. The number of hydrogen-bond acceptors (Lipinski definition) is 4. The Morgan fingerprint density at radius 3 is 2.07 bits per heavy atom. The minimum Gasteiger partial charge on any atom is -0.325 e. The molecule has 0 fully saturated rings. The van der Waals surface area contributed by atoms with E-state index in [2.05, 4.69) is 15.6 Å². The third kappa shape index (κ3) is 6.26. The third-order valence-corrected chi connectivity index (χ3v) is 4.26. The second-order valence-corrected chi connectivity index (χ2v) is 6.88. The molecule has 6 nitrogen and oxygen atoms in total. The van der Waals surface area contributed by atoms with Crippen LogP contribution in [-0.4, -0.2) is 41.8 Å². The van der Waals surface area contributed by atoms with Gasteiger partial charge in [-0.05, 0) is 49.4 Å². The number of anilines is 2. The Hall–Kier alpha value is -3.51. The van der Waals surface area contributed by atoms with Crippen molar-refractivity contribution in [1.29, 1.82) is 0 Å². The molecule has 0 saturated carbocycles. The van der Waals surface area contributed by atoms with Gasteiger partial charge >= 0.3 is 0 Å². The van der Waals surface area contributed by atoms with Crippen LogP contribution in [0.3, 0.4) is 0 Å². The van der Waals surface area contributed by atoms with E-state index in [1.807, 2.05) is 73.7 Å². The zero-order valence-corrected chi connectivity index (χ0v) is 16.6. The van der Waals surface area contributed by atoms with Crippen LogP contribution in [0.4, 0.5) is 11.5 Å². The molecule has 2 amide bonds. The van der Waals surface area contributed by atoms with Gasteiger partial charge in [0.1, 0.15) is 5.82 Å². The topological polar surface area (TPSA) is 74.3 Å². The van der Waals surface area contributed by atoms with Crippen LogP contribution in [0.25, 0.3) is 11.1 Å². The molecule has 148 valence electrons. The Bertz CT molecular complexity index is 972. The number of pyridine rings is 1. The maximum atomic E-state index is 12.3. The van der Waals surface area contributed by atoms with Crippen molar-refractivity contribution in [2.24, 2.45) is 0 Å². The highest BCUT2D eigenvalue weighted by Gasteiger charge is 2.12. The van der Waals surface area contributed by atoms with Gasteiger partial charge in [0.15, 0.2) is 0 Å². The van der Waals surface area contributed by atoms with Gasteiger partial charge in [0.25, 0.3) is 0 Å². The second kappa shape index (κ2) is 9.61. The minimum absolute atomic E-state index is 0.0932. The van der Waals surface area contributed by atoms with E-state index < -0.39 is 0 Å². The quantitative estimate of drug-likeness (QED) is 0.649. The van der Waals surface area contributed by atoms with Crippen LogP contribution in [0.5, 0.6) is 0 Å². The average molecular weight is 388 g/mol. The Morgan fingerprint density at radius 2 is 1.41 bits per heavy atom. The molecule has 1 aromatic heterocycles. The van der Waals surface area contributed by atoms with E-state index in [0.717, 1.165) is 22.5 Å². The Labute approximate surface area is 170 Å². The summed E-state index contributed by atoms with van der Waals surface area (Å²) in [6, 6.07) is 23.2. The summed E-state index contributed by atoms with van der Waals surface area (Å²) < 4.78 is 0. The lowest BCUT2D eigenvalue weighted by Crippen LogP contribution is -2.36. The molecular formula is C23H24N4O2. The van der Waals surface area contributed by atoms with E-state index in [9.17, 15) is 9.59 Å². The zero-order valence-electron chi connectivity index (χ0n) is 16.6. The van der Waals surface area contributed by atoms with Crippen LogP contribution in [0, 0.1) is 6.92 Å². The van der Waals surface area contributed by atoms with Gasteiger partial charge in [-0.25, -0.2) is 4.98 Å². The summed E-state index contributed by atoms with van der Waals surface area (Å²) in [6.45, 7) is 2.06. The van der Waals surface area contributed by atoms with Crippen molar-refractivity contribution in [3.63, 3.8) is 0 Å². The van der Waals surface area contributed by atoms with Gasteiger partial charge in [-0.2, -0.15) is 0 Å². The number of rotatable bonds is 7. The Morgan fingerprint density at radius 1 is 0.793 bits per heavy atom. The largest absolute Gasteiger partial charge is 0.325 e. The average Bonchev–Trinajstić information content (AvgIpc) is 2.69. The molecule has 2 aromatic carbocycles. The normalized spacial score (nSPS) is 10.6. The molecule has 0 aliphatic carbocycles. The maximum Gasteiger partial charge on any atom is 0.239 e. The molecule has 0 unspecified atom stereocenters. The highest BCUT2D eigenvalue weighted by Crippen LogP contribution is 2.20. The standard InChI is InChI=1S/C23H24N4O2/c1-17-7-6-10-21(24-17)26-23(29)16-27(2)15-22(28)25-20-13-11-19(12-14-20)18-8-4-3-5-9-18/h3-14H,15-16H2,1-2H3,(H,25,28)(H,24,26,29). The number of nitrogens with zero attached hydrogens (tertiary/aromatic N) is 2. The molecule has 6 heteroatoms. The Kier molecular flexibility index (Phi) is 6.71. The maximum absolute atomic E-state index is 12.3. The molecule has 2 N–H and O–H groups in total. The predicted octanol–water partition coefficient (Wildman–Crippen LogP) is 3.57. The second-order valence-electron chi connectivity index (χ2n) is 6.88. The van der Waals surface area contributed by atoms with Gasteiger partial charge in [0.05, 0.1) is 13.1 Å². The first-order chi connectivity index (χ1) is 14.0. The summed E-state index contributed by atoms with van der Waals surface area (Å²) in [4.78, 5) is 30.3. The summed E-state index contributed by atoms with van der Waals surface area (Å²) in [5, 5.41) is 5.59. The van der Waals surface area contributed by atoms with Crippen molar-refractivity contribution in [3.8, 4) is 11.1 Å². The first-order valence-electron chi connectivity index (χ1n) is 9.37. The van der Waals surface area contributed by atoms with Gasteiger partial charge < -0.3 is 10.6 Å². The lowest BCUT2D eigenvalue weighted by atomic mass is 10.1. The molecule has 0 radical (unpaired) electrons. The minimum atomic E-state index is -0.217. The Balaban J connectivity index is 1.47. The van der Waals surface area contributed by atoms with Crippen LogP contribution >= 0.6 is 0 Å². The number of likely N-dealkylation sites (N-methyl/N-ethyl adjacent to an activating group) is 1. The number of aromatic nitrogens is 1. The number of amides is 2. The molecule has 0 bridgehead atoms. The number of nitrogens with one attached hydrogen (secondary N) is 2. The number of aryl methyl sites for hydroxylation is 1. The highest BCUT2D eigenvalue weighted by molar-refractivity contribution is 5.94. The fourth-order valence-corrected chi connectivity index (χ4v) is 2.92. The van der Waals surface area contributed by atoms with Gasteiger partial charge in [-0.1, -0.05) is 48.5 Å². The fourth-order valence-electron chi connectivity index (χ4n) is 2.92. The lowest BCUT2D eigenvalue weighted by molar-refractivity contribution is -0.119. The summed E-state index contributed by atoms with van der Waals surface area (Å²) in [5.41, 5.74) is 3.76. The van der Waals surface area contributed by atoms with Crippen LogP contribution in [-0.2, 0) is 9.59 Å². The van der Waals surface area contributed by atoms with Crippen LogP contribution < -0.4 is 10.6 Å². The summed E-state index contributed by atoms with van der Waals surface area (Å²) >= 11 is 0. The molecule has 0 aliphatic heterocycles. The molecule has 0 aliphatic rings. The fraction of sp³-hybridized carbons (Fsp3) is 0.174. The molecule has 0 atom stereocenters. The van der Waals surface area contributed by atoms with E-state index in [1.54, 1.807) is 18.0 Å². The molecule has 0 saturated heterocycles. The van der Waals surface area contributed by atoms with Gasteiger partial charge in [-0.3, -0.25) is 14.5 Å². The summed E-state index contributed by atoms with van der Waals surface area (Å²) in [5.74, 6) is 0.110. The van der Waals surface area contributed by atoms with Crippen molar-refractivity contribution in [2.75, 3.05) is 30.8 Å². The van der Waals surface area contributed by atoms with Gasteiger partial charge in [0.2, 0.25) is 11.8 Å². The van der Waals surface area contributed by atoms with Crippen LogP contribution in [0.15, 0.2) is 72.8 Å². The SMILES string of the molecule is Cc1cccc(NC(=O)CN(C)CC(=O)Nc2ccc(-c3ccccc3)cc2)n1. The highest BCUT2D eigenvalue weighted by atomic mass is 16.2. The molecular weight excluding hydrogens is 364 g/mol. The van der Waals surface area contributed by atoms with Crippen molar-refractivity contribution < 1.29 is 9.59 Å². The molecule has 3 aromatic rings. The number of carbonyl (C=O) groups is 2. The summed E-state index contributed by atoms with van der Waals surface area (Å²) in [6.07, 6.45) is 0. The zero-order chi connectivity index (χ0) is 20.6. The molecule has 29 heavy (non-hydrogen) atoms. The molecule has 3 rings (SSSR count). The van der Waals surface area contributed by atoms with E-state index in [4.69, 9.17) is 0 Å². The van der Waals surface area contributed by atoms with Crippen molar-refractivity contribution in [2.45, 2.75) is 6.92 Å². The van der Waals surface area contributed by atoms with Gasteiger partial charge in [0, 0.05) is 11.4 Å². The van der Waals surface area contributed by atoms with E-state index in [-0.39, 0.29) is 24.9 Å². The first kappa shape index (κ1) is 20.2. The van der Waals surface area contributed by atoms with E-state index in [0.29, 0.717) is 5.82 Å². The van der Waals surface area contributed by atoms with Crippen LogP contribution in [0.2, 0.25) is 0 Å². The van der Waals surface area contributed by atoms with Crippen molar-refractivity contribution in [1.82, 2.24) is 9.88 Å². The number of carbonyl (C=O) groups excluding carboxylic acids is 2. The monoisotopic (exact) mass is 388 g/mol. The lowest BCUT2D eigenvalue weighted by Gasteiger charge is -2.16. The third-order valence-electron chi connectivity index (χ3n) is 4.26. The molecule has 0 spiro atoms. The van der Waals surface area contributed by atoms with E-state index in [1.165, 1.54) is 0 Å². The predicted molar refractivity (Wildman–Crippen MR) is 116 cm³/mol. The van der Waals surface area contributed by atoms with Gasteiger partial charge in [-0.15, -0.1) is 0 Å².